The minimum Gasteiger partial charge on any atom is -0.324 e. The second kappa shape index (κ2) is 7.77. The molecule has 1 atom stereocenters. The van der Waals surface area contributed by atoms with Crippen LogP contribution in [0.2, 0.25) is 0 Å². The van der Waals surface area contributed by atoms with Gasteiger partial charge in [-0.1, -0.05) is 6.07 Å². The van der Waals surface area contributed by atoms with Crippen LogP contribution in [0.15, 0.2) is 30.6 Å². The Balaban J connectivity index is 0.00000220. The maximum atomic E-state index is 12.3. The number of nitrogens with one attached hydrogen (secondary N) is 2. The molecule has 0 saturated carbocycles. The van der Waals surface area contributed by atoms with Gasteiger partial charge >= 0.3 is 0 Å². The first-order chi connectivity index (χ1) is 9.51. The molecule has 21 heavy (non-hydrogen) atoms. The van der Waals surface area contributed by atoms with Gasteiger partial charge in [-0.05, 0) is 54.3 Å². The molecule has 7 heteroatoms. The molecule has 1 amide bonds. The normalized spacial score (nSPS) is 11.6. The van der Waals surface area contributed by atoms with E-state index in [1.54, 1.807) is 17.9 Å². The van der Waals surface area contributed by atoms with Gasteiger partial charge in [-0.3, -0.25) is 9.48 Å². The number of benzene rings is 1. The van der Waals surface area contributed by atoms with E-state index >= 15 is 0 Å². The minimum absolute atomic E-state index is 0. The van der Waals surface area contributed by atoms with Crippen molar-refractivity contribution in [3.05, 3.63) is 45.3 Å². The molecule has 0 radical (unpaired) electrons. The van der Waals surface area contributed by atoms with Crippen LogP contribution in [0.3, 0.4) is 0 Å². The number of anilines is 1. The lowest BCUT2D eigenvalue weighted by molar-refractivity contribution is -0.118. The van der Waals surface area contributed by atoms with Gasteiger partial charge in [0.25, 0.3) is 0 Å². The molecular formula is C14H18ClIN4O. The minimum atomic E-state index is -0.414. The van der Waals surface area contributed by atoms with Crippen molar-refractivity contribution in [2.45, 2.75) is 13.0 Å². The first-order valence-corrected chi connectivity index (χ1v) is 7.32. The van der Waals surface area contributed by atoms with Crippen LogP contribution < -0.4 is 10.6 Å². The van der Waals surface area contributed by atoms with Crippen LogP contribution in [0.1, 0.15) is 17.2 Å². The lowest BCUT2D eigenvalue weighted by Gasteiger charge is -2.15. The monoisotopic (exact) mass is 420 g/mol. The van der Waals surface area contributed by atoms with E-state index in [4.69, 9.17) is 0 Å². The molecule has 2 N–H and O–H groups in total. The molecule has 0 saturated heterocycles. The van der Waals surface area contributed by atoms with E-state index in [1.807, 2.05) is 38.4 Å². The highest BCUT2D eigenvalue weighted by molar-refractivity contribution is 14.1. The van der Waals surface area contributed by atoms with Gasteiger partial charge in [0.15, 0.2) is 0 Å². The zero-order valence-corrected chi connectivity index (χ0v) is 15.0. The van der Waals surface area contributed by atoms with E-state index in [9.17, 15) is 4.79 Å². The van der Waals surface area contributed by atoms with Crippen LogP contribution >= 0.6 is 35.0 Å². The maximum absolute atomic E-state index is 12.3. The molecule has 5 nitrogen and oxygen atoms in total. The van der Waals surface area contributed by atoms with Crippen molar-refractivity contribution in [1.29, 1.82) is 0 Å². The summed E-state index contributed by atoms with van der Waals surface area (Å²) in [6.07, 6.45) is 3.53. The number of nitrogens with zero attached hydrogens (tertiary/aromatic N) is 2. The van der Waals surface area contributed by atoms with Crippen LogP contribution in [-0.4, -0.2) is 22.7 Å². The summed E-state index contributed by atoms with van der Waals surface area (Å²) in [6.45, 7) is 2.04. The zero-order valence-electron chi connectivity index (χ0n) is 12.1. The Labute approximate surface area is 144 Å². The first kappa shape index (κ1) is 17.9. The second-order valence-electron chi connectivity index (χ2n) is 4.62. The molecule has 0 bridgehead atoms. The van der Waals surface area contributed by atoms with Crippen molar-refractivity contribution in [3.63, 3.8) is 0 Å². The molecule has 0 aliphatic rings. The van der Waals surface area contributed by atoms with Gasteiger partial charge in [-0.25, -0.2) is 0 Å². The average molecular weight is 421 g/mol. The molecule has 0 aliphatic heterocycles. The fourth-order valence-corrected chi connectivity index (χ4v) is 2.44. The smallest absolute Gasteiger partial charge is 0.246 e. The number of amides is 1. The topological polar surface area (TPSA) is 59.0 Å². The van der Waals surface area contributed by atoms with E-state index in [0.29, 0.717) is 0 Å². The number of aryl methyl sites for hydroxylation is 2. The van der Waals surface area contributed by atoms with Crippen LogP contribution in [0.5, 0.6) is 0 Å². The predicted octanol–water partition coefficient (Wildman–Crippen LogP) is 2.65. The molecule has 1 aromatic carbocycles. The number of likely N-dealkylation sites (N-methyl/N-ethyl adjacent to an activating group) is 1. The summed E-state index contributed by atoms with van der Waals surface area (Å²) in [6, 6.07) is 5.45. The summed E-state index contributed by atoms with van der Waals surface area (Å²) in [5.41, 5.74) is 2.84. The Hall–Kier alpha value is -1.12. The fraction of sp³-hybridized carbons (Fsp3) is 0.286. The Kier molecular flexibility index (Phi) is 6.63. The zero-order chi connectivity index (χ0) is 14.7. The number of halogens is 2. The van der Waals surface area contributed by atoms with Gasteiger partial charge in [-0.2, -0.15) is 5.10 Å². The Morgan fingerprint density at radius 3 is 2.67 bits per heavy atom. The van der Waals surface area contributed by atoms with E-state index in [1.165, 1.54) is 5.56 Å². The number of aromatic nitrogens is 2. The highest BCUT2D eigenvalue weighted by Gasteiger charge is 2.20. The van der Waals surface area contributed by atoms with E-state index in [2.05, 4.69) is 38.3 Å². The number of hydrogen-bond acceptors (Lipinski definition) is 3. The van der Waals surface area contributed by atoms with Gasteiger partial charge in [-0.15, -0.1) is 12.4 Å². The molecule has 1 unspecified atom stereocenters. The summed E-state index contributed by atoms with van der Waals surface area (Å²) in [5, 5.41) is 10.0. The summed E-state index contributed by atoms with van der Waals surface area (Å²) in [5.74, 6) is -0.0971. The Bertz CT molecular complexity index is 629. The fourth-order valence-electron chi connectivity index (χ4n) is 1.92. The number of carbonyl (C=O) groups is 1. The van der Waals surface area contributed by atoms with Gasteiger partial charge < -0.3 is 10.6 Å². The summed E-state index contributed by atoms with van der Waals surface area (Å²) < 4.78 is 2.81. The van der Waals surface area contributed by atoms with Gasteiger partial charge in [0.05, 0.1) is 6.20 Å². The lowest BCUT2D eigenvalue weighted by Crippen LogP contribution is -2.30. The second-order valence-corrected chi connectivity index (χ2v) is 5.78. The summed E-state index contributed by atoms with van der Waals surface area (Å²) in [4.78, 5) is 12.3. The van der Waals surface area contributed by atoms with Crippen LogP contribution in [0.25, 0.3) is 0 Å². The van der Waals surface area contributed by atoms with Crippen molar-refractivity contribution in [2.75, 3.05) is 12.4 Å². The molecular weight excluding hydrogens is 403 g/mol. The van der Waals surface area contributed by atoms with Gasteiger partial charge in [0, 0.05) is 28.1 Å². The van der Waals surface area contributed by atoms with E-state index in [-0.39, 0.29) is 18.3 Å². The highest BCUT2D eigenvalue weighted by atomic mass is 127. The van der Waals surface area contributed by atoms with Crippen molar-refractivity contribution < 1.29 is 4.79 Å². The van der Waals surface area contributed by atoms with Gasteiger partial charge in [0.2, 0.25) is 5.91 Å². The van der Waals surface area contributed by atoms with Crippen LogP contribution in [-0.2, 0) is 11.8 Å². The Morgan fingerprint density at radius 1 is 1.43 bits per heavy atom. The van der Waals surface area contributed by atoms with Gasteiger partial charge in [0.1, 0.15) is 6.04 Å². The lowest BCUT2D eigenvalue weighted by atomic mass is 10.1. The number of carbonyl (C=O) groups excluding carboxylic acids is 1. The summed E-state index contributed by atoms with van der Waals surface area (Å²) in [7, 11) is 3.59. The van der Waals surface area contributed by atoms with Crippen molar-refractivity contribution in [2.24, 2.45) is 7.05 Å². The molecule has 1 aromatic heterocycles. The van der Waals surface area contributed by atoms with Crippen molar-refractivity contribution >= 4 is 46.6 Å². The molecule has 0 fully saturated rings. The third-order valence-electron chi connectivity index (χ3n) is 3.05. The Morgan fingerprint density at radius 2 is 2.14 bits per heavy atom. The first-order valence-electron chi connectivity index (χ1n) is 6.24. The molecule has 2 rings (SSSR count). The predicted molar refractivity (Wildman–Crippen MR) is 94.8 cm³/mol. The largest absolute Gasteiger partial charge is 0.324 e. The summed E-state index contributed by atoms with van der Waals surface area (Å²) >= 11 is 2.26. The number of hydrogen-bond donors (Lipinski definition) is 2. The van der Waals surface area contributed by atoms with Crippen LogP contribution in [0, 0.1) is 10.5 Å². The highest BCUT2D eigenvalue weighted by Crippen LogP contribution is 2.19. The average Bonchev–Trinajstić information content (AvgIpc) is 2.81. The SMILES string of the molecule is CNC(C(=O)Nc1ccc(C)c(I)c1)c1cnn(C)c1.Cl. The van der Waals surface area contributed by atoms with Crippen LogP contribution in [0.4, 0.5) is 5.69 Å². The maximum Gasteiger partial charge on any atom is 0.246 e. The van der Waals surface area contributed by atoms with Crippen molar-refractivity contribution in [1.82, 2.24) is 15.1 Å². The third-order valence-corrected chi connectivity index (χ3v) is 4.21. The standard InChI is InChI=1S/C14H17IN4O.ClH/c1-9-4-5-11(6-12(9)15)18-14(20)13(16-2)10-7-17-19(3)8-10;/h4-8,13,16H,1-3H3,(H,18,20);1H. The molecule has 0 aliphatic carbocycles. The van der Waals surface area contributed by atoms with E-state index in [0.717, 1.165) is 14.8 Å². The molecule has 2 aromatic rings. The third kappa shape index (κ3) is 4.42. The molecule has 0 spiro atoms. The van der Waals surface area contributed by atoms with E-state index < -0.39 is 6.04 Å². The molecule has 114 valence electrons. The number of rotatable bonds is 4. The quantitative estimate of drug-likeness (QED) is 0.748. The molecule has 1 heterocycles. The van der Waals surface area contributed by atoms with Crippen molar-refractivity contribution in [3.8, 4) is 0 Å².